The summed E-state index contributed by atoms with van der Waals surface area (Å²) in [5.41, 5.74) is 0.242. The molecule has 0 spiro atoms. The average Bonchev–Trinajstić information content (AvgIpc) is 2.36. The van der Waals surface area contributed by atoms with Crippen LogP contribution in [0.5, 0.6) is 0 Å². The summed E-state index contributed by atoms with van der Waals surface area (Å²) in [7, 11) is 0. The fourth-order valence-electron chi connectivity index (χ4n) is 1.24. The molecule has 2 nitrogen and oxygen atoms in total. The van der Waals surface area contributed by atoms with E-state index in [2.05, 4.69) is 4.98 Å². The van der Waals surface area contributed by atoms with Crippen LogP contribution < -0.4 is 0 Å². The molecule has 0 saturated heterocycles. The fraction of sp³-hybridized carbons (Fsp3) is 0. The van der Waals surface area contributed by atoms with E-state index in [1.54, 1.807) is 0 Å². The molecule has 0 aliphatic carbocycles. The Morgan fingerprint density at radius 2 is 2.06 bits per heavy atom. The van der Waals surface area contributed by atoms with Crippen molar-refractivity contribution in [3.05, 3.63) is 52.7 Å². The largest absolute Gasteiger partial charge is 0.248 e. The predicted molar refractivity (Wildman–Crippen MR) is 64.4 cm³/mol. The Labute approximate surface area is 111 Å². The lowest BCUT2D eigenvalue weighted by molar-refractivity contribution is 0.577. The first-order chi connectivity index (χ1) is 8.61. The van der Waals surface area contributed by atoms with E-state index in [-0.39, 0.29) is 20.5 Å². The van der Waals surface area contributed by atoms with Gasteiger partial charge in [0.2, 0.25) is 0 Å². The maximum absolute atomic E-state index is 13.4. The van der Waals surface area contributed by atoms with Crippen molar-refractivity contribution in [1.82, 2.24) is 4.98 Å². The minimum absolute atomic E-state index is 0.0690. The van der Waals surface area contributed by atoms with Crippen LogP contribution in [-0.2, 0) is 0 Å². The highest BCUT2D eigenvalue weighted by Gasteiger charge is 2.12. The molecule has 0 radical (unpaired) electrons. The minimum Gasteiger partial charge on any atom is -0.248 e. The molecule has 1 heterocycles. The molecule has 0 N–H and O–H groups in total. The van der Waals surface area contributed by atoms with Gasteiger partial charge in [0.1, 0.15) is 22.7 Å². The van der Waals surface area contributed by atoms with Gasteiger partial charge in [-0.1, -0.05) is 23.4 Å². The van der Waals surface area contributed by atoms with Crippen molar-refractivity contribution < 1.29 is 8.78 Å². The van der Waals surface area contributed by atoms with Crippen LogP contribution in [0.25, 0.3) is 0 Å². The molecular formula is C12H5ClF2N2S. The van der Waals surface area contributed by atoms with Gasteiger partial charge < -0.3 is 0 Å². The van der Waals surface area contributed by atoms with Crippen LogP contribution in [0.15, 0.2) is 40.4 Å². The molecule has 1 aromatic heterocycles. The highest BCUT2D eigenvalue weighted by Crippen LogP contribution is 2.34. The van der Waals surface area contributed by atoms with Crippen molar-refractivity contribution in [3.63, 3.8) is 0 Å². The van der Waals surface area contributed by atoms with Crippen LogP contribution >= 0.6 is 23.4 Å². The summed E-state index contributed by atoms with van der Waals surface area (Å²) >= 11 is 6.80. The van der Waals surface area contributed by atoms with Crippen molar-refractivity contribution in [3.8, 4) is 6.07 Å². The SMILES string of the molecule is N#Cc1ccnc(Sc2cc(F)ccc2F)c1Cl. The zero-order valence-corrected chi connectivity index (χ0v) is 10.4. The van der Waals surface area contributed by atoms with Crippen LogP contribution in [0.4, 0.5) is 8.78 Å². The van der Waals surface area contributed by atoms with Crippen LogP contribution in [0, 0.1) is 23.0 Å². The summed E-state index contributed by atoms with van der Waals surface area (Å²) in [5.74, 6) is -1.12. The van der Waals surface area contributed by atoms with E-state index in [4.69, 9.17) is 16.9 Å². The Bertz CT molecular complexity index is 640. The lowest BCUT2D eigenvalue weighted by Gasteiger charge is -2.05. The topological polar surface area (TPSA) is 36.7 Å². The average molecular weight is 283 g/mol. The van der Waals surface area contributed by atoms with E-state index >= 15 is 0 Å². The van der Waals surface area contributed by atoms with Crippen molar-refractivity contribution in [2.45, 2.75) is 9.92 Å². The molecule has 0 aliphatic heterocycles. The van der Waals surface area contributed by atoms with Crippen LogP contribution in [-0.4, -0.2) is 4.98 Å². The predicted octanol–water partition coefficient (Wildman–Crippen LogP) is 4.04. The maximum Gasteiger partial charge on any atom is 0.137 e. The van der Waals surface area contributed by atoms with E-state index in [1.165, 1.54) is 12.3 Å². The van der Waals surface area contributed by atoms with Crippen molar-refractivity contribution in [2.24, 2.45) is 0 Å². The number of benzene rings is 1. The first-order valence-corrected chi connectivity index (χ1v) is 5.99. The Morgan fingerprint density at radius 3 is 2.78 bits per heavy atom. The smallest absolute Gasteiger partial charge is 0.137 e. The number of pyridine rings is 1. The molecule has 0 unspecified atom stereocenters. The molecule has 90 valence electrons. The Morgan fingerprint density at radius 1 is 1.28 bits per heavy atom. The van der Waals surface area contributed by atoms with Crippen molar-refractivity contribution in [1.29, 1.82) is 5.26 Å². The van der Waals surface area contributed by atoms with Crippen LogP contribution in [0.2, 0.25) is 5.02 Å². The summed E-state index contributed by atoms with van der Waals surface area (Å²) in [5, 5.41) is 9.20. The summed E-state index contributed by atoms with van der Waals surface area (Å²) < 4.78 is 26.5. The van der Waals surface area contributed by atoms with Gasteiger partial charge in [-0.05, 0) is 24.3 Å². The lowest BCUT2D eigenvalue weighted by atomic mass is 10.3. The highest BCUT2D eigenvalue weighted by molar-refractivity contribution is 7.99. The second-order valence-corrected chi connectivity index (χ2v) is 4.67. The monoisotopic (exact) mass is 282 g/mol. The first kappa shape index (κ1) is 12.8. The van der Waals surface area contributed by atoms with Gasteiger partial charge in [0, 0.05) is 6.20 Å². The zero-order chi connectivity index (χ0) is 13.1. The molecule has 18 heavy (non-hydrogen) atoms. The van der Waals surface area contributed by atoms with Gasteiger partial charge in [-0.25, -0.2) is 13.8 Å². The second kappa shape index (κ2) is 5.34. The van der Waals surface area contributed by atoms with E-state index in [0.717, 1.165) is 30.0 Å². The molecule has 0 amide bonds. The fourth-order valence-corrected chi connectivity index (χ4v) is 2.37. The van der Waals surface area contributed by atoms with Gasteiger partial charge in [0.25, 0.3) is 0 Å². The number of rotatable bonds is 2. The number of hydrogen-bond donors (Lipinski definition) is 0. The Kier molecular flexibility index (Phi) is 3.80. The normalized spacial score (nSPS) is 10.1. The minimum atomic E-state index is -0.568. The van der Waals surface area contributed by atoms with Crippen LogP contribution in [0.3, 0.4) is 0 Å². The number of aromatic nitrogens is 1. The van der Waals surface area contributed by atoms with Gasteiger partial charge in [0.05, 0.1) is 15.5 Å². The molecule has 0 atom stereocenters. The maximum atomic E-state index is 13.4. The Balaban J connectivity index is 2.41. The number of hydrogen-bond acceptors (Lipinski definition) is 3. The van der Waals surface area contributed by atoms with Crippen LogP contribution in [0.1, 0.15) is 5.56 Å². The van der Waals surface area contributed by atoms with Gasteiger partial charge in [-0.3, -0.25) is 0 Å². The third-order valence-corrected chi connectivity index (χ3v) is 3.61. The zero-order valence-electron chi connectivity index (χ0n) is 8.82. The van der Waals surface area contributed by atoms with E-state index in [9.17, 15) is 8.78 Å². The van der Waals surface area contributed by atoms with E-state index < -0.39 is 11.6 Å². The molecule has 0 saturated carbocycles. The molecule has 2 aromatic rings. The van der Waals surface area contributed by atoms with Gasteiger partial charge >= 0.3 is 0 Å². The number of nitrogens with zero attached hydrogens (tertiary/aromatic N) is 2. The summed E-state index contributed by atoms with van der Waals surface area (Å²) in [6.45, 7) is 0. The standard InChI is InChI=1S/C12H5ClF2N2S/c13-11-7(6-16)3-4-17-12(11)18-10-5-8(14)1-2-9(10)15/h1-5H. The first-order valence-electron chi connectivity index (χ1n) is 4.79. The third kappa shape index (κ3) is 2.61. The van der Waals surface area contributed by atoms with Gasteiger partial charge in [-0.2, -0.15) is 5.26 Å². The Hall–Kier alpha value is -1.64. The van der Waals surface area contributed by atoms with E-state index in [0.29, 0.717) is 0 Å². The van der Waals surface area contributed by atoms with Gasteiger partial charge in [-0.15, -0.1) is 0 Å². The molecule has 0 aliphatic rings. The summed E-state index contributed by atoms with van der Waals surface area (Å²) in [4.78, 5) is 4.01. The van der Waals surface area contributed by atoms with E-state index in [1.807, 2.05) is 6.07 Å². The number of nitriles is 1. The summed E-state index contributed by atoms with van der Waals surface area (Å²) in [6.07, 6.45) is 1.39. The molecular weight excluding hydrogens is 278 g/mol. The van der Waals surface area contributed by atoms with Crippen molar-refractivity contribution >= 4 is 23.4 Å². The number of halogens is 3. The highest BCUT2D eigenvalue weighted by atomic mass is 35.5. The molecule has 0 bridgehead atoms. The molecule has 0 fully saturated rings. The second-order valence-electron chi connectivity index (χ2n) is 3.27. The molecule has 6 heteroatoms. The third-order valence-electron chi connectivity index (χ3n) is 2.08. The summed E-state index contributed by atoms with van der Waals surface area (Å²) in [6, 6.07) is 6.46. The quantitative estimate of drug-likeness (QED) is 0.834. The van der Waals surface area contributed by atoms with Gasteiger partial charge in [0.15, 0.2) is 0 Å². The van der Waals surface area contributed by atoms with Crippen molar-refractivity contribution in [2.75, 3.05) is 0 Å². The lowest BCUT2D eigenvalue weighted by Crippen LogP contribution is -1.88. The molecule has 2 rings (SSSR count). The molecule has 1 aromatic carbocycles.